The van der Waals surface area contributed by atoms with Crippen LogP contribution in [0.5, 0.6) is 0 Å². The van der Waals surface area contributed by atoms with Gasteiger partial charge in [0.2, 0.25) is 0 Å². The molecule has 2 heteroatoms. The largest absolute Gasteiger partial charge is 0.381 e. The summed E-state index contributed by atoms with van der Waals surface area (Å²) in [6, 6.07) is 0. The Hall–Kier alpha value is -0.370. The zero-order valence-electron chi connectivity index (χ0n) is 12.5. The van der Waals surface area contributed by atoms with Gasteiger partial charge in [-0.15, -0.1) is 0 Å². The van der Waals surface area contributed by atoms with Crippen LogP contribution in [-0.2, 0) is 9.53 Å². The summed E-state index contributed by atoms with van der Waals surface area (Å²) in [4.78, 5) is 12.1. The second-order valence-corrected chi connectivity index (χ2v) is 6.72. The van der Waals surface area contributed by atoms with Crippen molar-refractivity contribution in [1.29, 1.82) is 0 Å². The molecule has 2 rings (SSSR count). The average molecular weight is 266 g/mol. The van der Waals surface area contributed by atoms with Crippen molar-refractivity contribution >= 4 is 5.78 Å². The molecule has 0 aromatic rings. The van der Waals surface area contributed by atoms with Crippen molar-refractivity contribution in [1.82, 2.24) is 0 Å². The van der Waals surface area contributed by atoms with E-state index in [-0.39, 0.29) is 0 Å². The topological polar surface area (TPSA) is 26.3 Å². The molecule has 0 radical (unpaired) electrons. The lowest BCUT2D eigenvalue weighted by molar-refractivity contribution is -0.124. The summed E-state index contributed by atoms with van der Waals surface area (Å²) in [6.45, 7) is 4.21. The molecule has 0 atom stereocenters. The van der Waals surface area contributed by atoms with E-state index in [9.17, 15) is 4.79 Å². The summed E-state index contributed by atoms with van der Waals surface area (Å²) in [6.07, 6.45) is 11.8. The number of carbonyl (C=O) groups is 1. The molecule has 0 spiro atoms. The summed E-state index contributed by atoms with van der Waals surface area (Å²) in [5.74, 6) is 2.66. The molecule has 110 valence electrons. The average Bonchev–Trinajstić information content (AvgIpc) is 2.45. The Morgan fingerprint density at radius 1 is 1.00 bits per heavy atom. The molecule has 1 saturated heterocycles. The highest BCUT2D eigenvalue weighted by Crippen LogP contribution is 2.30. The van der Waals surface area contributed by atoms with Gasteiger partial charge in [0.1, 0.15) is 5.78 Å². The summed E-state index contributed by atoms with van der Waals surface area (Å²) in [7, 11) is 0. The van der Waals surface area contributed by atoms with E-state index in [2.05, 4.69) is 6.92 Å². The number of carbonyl (C=O) groups excluding carboxylic acids is 1. The fourth-order valence-corrected chi connectivity index (χ4v) is 3.55. The molecular weight excluding hydrogens is 236 g/mol. The van der Waals surface area contributed by atoms with E-state index in [0.717, 1.165) is 50.7 Å². The lowest BCUT2D eigenvalue weighted by atomic mass is 9.80. The van der Waals surface area contributed by atoms with Crippen molar-refractivity contribution in [2.45, 2.75) is 71.1 Å². The smallest absolute Gasteiger partial charge is 0.135 e. The highest BCUT2D eigenvalue weighted by atomic mass is 16.5. The van der Waals surface area contributed by atoms with Crippen molar-refractivity contribution in [2.75, 3.05) is 13.2 Å². The molecule has 1 saturated carbocycles. The minimum absolute atomic E-state index is 0.402. The van der Waals surface area contributed by atoms with E-state index in [1.54, 1.807) is 0 Å². The Kier molecular flexibility index (Phi) is 6.36. The standard InChI is InChI=1S/C17H30O2/c1-14-6-8-16(9-7-14)17(18)5-3-2-4-15-10-12-19-13-11-15/h14-16H,2-13H2,1H3. The number of hydrogen-bond acceptors (Lipinski definition) is 2. The van der Waals surface area contributed by atoms with Gasteiger partial charge in [-0.25, -0.2) is 0 Å². The van der Waals surface area contributed by atoms with Gasteiger partial charge in [0.05, 0.1) is 0 Å². The second kappa shape index (κ2) is 8.04. The maximum absolute atomic E-state index is 12.1. The lowest BCUT2D eigenvalue weighted by Crippen LogP contribution is -2.20. The van der Waals surface area contributed by atoms with Crippen molar-refractivity contribution in [3.05, 3.63) is 0 Å². The highest BCUT2D eigenvalue weighted by molar-refractivity contribution is 5.80. The molecule has 19 heavy (non-hydrogen) atoms. The van der Waals surface area contributed by atoms with E-state index in [1.807, 2.05) is 0 Å². The number of rotatable bonds is 6. The van der Waals surface area contributed by atoms with Crippen LogP contribution in [0.3, 0.4) is 0 Å². The summed E-state index contributed by atoms with van der Waals surface area (Å²) in [5.41, 5.74) is 0. The van der Waals surface area contributed by atoms with Gasteiger partial charge in [-0.05, 0) is 43.9 Å². The van der Waals surface area contributed by atoms with Crippen LogP contribution >= 0.6 is 0 Å². The molecule has 0 amide bonds. The van der Waals surface area contributed by atoms with E-state index in [1.165, 1.54) is 38.5 Å². The molecule has 0 aromatic carbocycles. The molecule has 0 N–H and O–H groups in total. The summed E-state index contributed by atoms with van der Waals surface area (Å²) >= 11 is 0. The molecule has 1 heterocycles. The number of hydrogen-bond donors (Lipinski definition) is 0. The number of ether oxygens (including phenoxy) is 1. The van der Waals surface area contributed by atoms with Crippen LogP contribution in [0.25, 0.3) is 0 Å². The first kappa shape index (κ1) is 15.0. The predicted octanol–water partition coefficient (Wildman–Crippen LogP) is 4.37. The van der Waals surface area contributed by atoms with Crippen LogP contribution in [0.4, 0.5) is 0 Å². The number of Topliss-reactive ketones (excluding diaryl/α,β-unsaturated/α-hetero) is 1. The van der Waals surface area contributed by atoms with Crippen LogP contribution in [0.2, 0.25) is 0 Å². The van der Waals surface area contributed by atoms with Crippen molar-refractivity contribution in [3.63, 3.8) is 0 Å². The Morgan fingerprint density at radius 2 is 1.68 bits per heavy atom. The van der Waals surface area contributed by atoms with Gasteiger partial charge in [0.25, 0.3) is 0 Å². The van der Waals surface area contributed by atoms with Crippen molar-refractivity contribution < 1.29 is 9.53 Å². The van der Waals surface area contributed by atoms with Gasteiger partial charge in [-0.2, -0.15) is 0 Å². The third kappa shape index (κ3) is 5.25. The number of ketones is 1. The van der Waals surface area contributed by atoms with Crippen LogP contribution in [0.15, 0.2) is 0 Å². The second-order valence-electron chi connectivity index (χ2n) is 6.72. The SMILES string of the molecule is CC1CCC(C(=O)CCCCC2CCOCC2)CC1. The van der Waals surface area contributed by atoms with Crippen molar-refractivity contribution in [3.8, 4) is 0 Å². The van der Waals surface area contributed by atoms with Gasteiger partial charge >= 0.3 is 0 Å². The van der Waals surface area contributed by atoms with E-state index in [4.69, 9.17) is 4.74 Å². The minimum Gasteiger partial charge on any atom is -0.381 e. The molecule has 0 unspecified atom stereocenters. The fraction of sp³-hybridized carbons (Fsp3) is 0.941. The Labute approximate surface area is 118 Å². The predicted molar refractivity (Wildman–Crippen MR) is 78.1 cm³/mol. The maximum Gasteiger partial charge on any atom is 0.135 e. The first-order valence-electron chi connectivity index (χ1n) is 8.36. The van der Waals surface area contributed by atoms with Gasteiger partial charge in [0.15, 0.2) is 0 Å². The van der Waals surface area contributed by atoms with E-state index >= 15 is 0 Å². The minimum atomic E-state index is 0.402. The first-order chi connectivity index (χ1) is 9.25. The normalized spacial score (nSPS) is 29.3. The third-order valence-corrected chi connectivity index (χ3v) is 5.10. The molecule has 1 aliphatic carbocycles. The molecular formula is C17H30O2. The Balaban J connectivity index is 1.53. The monoisotopic (exact) mass is 266 g/mol. The molecule has 1 aliphatic heterocycles. The van der Waals surface area contributed by atoms with Gasteiger partial charge in [0, 0.05) is 25.6 Å². The Bertz CT molecular complexity index is 260. The van der Waals surface area contributed by atoms with E-state index < -0.39 is 0 Å². The van der Waals surface area contributed by atoms with Gasteiger partial charge < -0.3 is 4.74 Å². The van der Waals surface area contributed by atoms with Gasteiger partial charge in [-0.3, -0.25) is 4.79 Å². The number of unbranched alkanes of at least 4 members (excludes halogenated alkanes) is 1. The zero-order chi connectivity index (χ0) is 13.5. The first-order valence-corrected chi connectivity index (χ1v) is 8.36. The van der Waals surface area contributed by atoms with Crippen LogP contribution in [-0.4, -0.2) is 19.0 Å². The molecule has 2 aliphatic rings. The summed E-state index contributed by atoms with van der Waals surface area (Å²) < 4.78 is 5.38. The summed E-state index contributed by atoms with van der Waals surface area (Å²) in [5, 5.41) is 0. The van der Waals surface area contributed by atoms with Crippen LogP contribution in [0.1, 0.15) is 71.1 Å². The molecule has 2 nitrogen and oxygen atoms in total. The third-order valence-electron chi connectivity index (χ3n) is 5.10. The fourth-order valence-electron chi connectivity index (χ4n) is 3.55. The van der Waals surface area contributed by atoms with Crippen molar-refractivity contribution in [2.24, 2.45) is 17.8 Å². The Morgan fingerprint density at radius 3 is 2.37 bits per heavy atom. The zero-order valence-corrected chi connectivity index (χ0v) is 12.5. The quantitative estimate of drug-likeness (QED) is 0.667. The lowest BCUT2D eigenvalue weighted by Gasteiger charge is -2.25. The molecule has 0 bridgehead atoms. The van der Waals surface area contributed by atoms with Crippen LogP contribution in [0, 0.1) is 17.8 Å². The van der Waals surface area contributed by atoms with Crippen LogP contribution < -0.4 is 0 Å². The maximum atomic E-state index is 12.1. The molecule has 0 aromatic heterocycles. The van der Waals surface area contributed by atoms with Gasteiger partial charge in [-0.1, -0.05) is 32.6 Å². The molecule has 2 fully saturated rings. The highest BCUT2D eigenvalue weighted by Gasteiger charge is 2.23. The van der Waals surface area contributed by atoms with E-state index in [0.29, 0.717) is 11.7 Å².